The summed E-state index contributed by atoms with van der Waals surface area (Å²) in [5.41, 5.74) is 1.48. The van der Waals surface area contributed by atoms with Gasteiger partial charge >= 0.3 is 0 Å². The lowest BCUT2D eigenvalue weighted by atomic mass is 10.3. The second-order valence-electron chi connectivity index (χ2n) is 4.13. The fraction of sp³-hybridized carbons (Fsp3) is 0.0833. The highest BCUT2D eigenvalue weighted by Crippen LogP contribution is 2.28. The average molecular weight is 329 g/mol. The van der Waals surface area contributed by atoms with Crippen molar-refractivity contribution in [2.45, 2.75) is 6.92 Å². The molecule has 0 saturated heterocycles. The molecule has 0 aliphatic carbocycles. The number of nitrogens with zero attached hydrogens (tertiary/aromatic N) is 4. The predicted molar refractivity (Wildman–Crippen MR) is 80.3 cm³/mol. The molecule has 0 unspecified atom stereocenters. The lowest BCUT2D eigenvalue weighted by Crippen LogP contribution is -2.05. The van der Waals surface area contributed by atoms with Crippen LogP contribution >= 0.6 is 34.8 Å². The van der Waals surface area contributed by atoms with Crippen LogP contribution in [-0.2, 0) is 0 Å². The molecule has 8 heteroatoms. The van der Waals surface area contributed by atoms with Gasteiger partial charge in [-0.2, -0.15) is 19.6 Å². The molecule has 0 amide bonds. The summed E-state index contributed by atoms with van der Waals surface area (Å²) in [6.07, 6.45) is 1.41. The zero-order chi connectivity index (χ0) is 14.3. The molecular formula is C12H8Cl3N5. The fourth-order valence-electron chi connectivity index (χ4n) is 1.81. The molecule has 1 aromatic carbocycles. The van der Waals surface area contributed by atoms with Crippen molar-refractivity contribution in [1.82, 2.24) is 19.6 Å². The van der Waals surface area contributed by atoms with Crippen molar-refractivity contribution in [3.63, 3.8) is 0 Å². The fourth-order valence-corrected chi connectivity index (χ4v) is 2.50. The summed E-state index contributed by atoms with van der Waals surface area (Å²) >= 11 is 18.1. The largest absolute Gasteiger partial charge is 0.340 e. The minimum Gasteiger partial charge on any atom is -0.340 e. The highest BCUT2D eigenvalue weighted by Gasteiger charge is 2.12. The average Bonchev–Trinajstić information content (AvgIpc) is 2.81. The zero-order valence-corrected chi connectivity index (χ0v) is 12.5. The van der Waals surface area contributed by atoms with Crippen LogP contribution in [0.2, 0.25) is 15.2 Å². The molecule has 0 fully saturated rings. The van der Waals surface area contributed by atoms with E-state index < -0.39 is 0 Å². The number of anilines is 2. The van der Waals surface area contributed by atoms with Gasteiger partial charge in [-0.3, -0.25) is 0 Å². The van der Waals surface area contributed by atoms with Crippen molar-refractivity contribution in [2.24, 2.45) is 0 Å². The Morgan fingerprint density at radius 2 is 1.80 bits per heavy atom. The summed E-state index contributed by atoms with van der Waals surface area (Å²) in [7, 11) is 0. The minimum atomic E-state index is 0.362. The number of fused-ring (bicyclic) bond motifs is 1. The first kappa shape index (κ1) is 13.4. The first-order valence-electron chi connectivity index (χ1n) is 5.63. The van der Waals surface area contributed by atoms with Gasteiger partial charge in [0.1, 0.15) is 17.3 Å². The van der Waals surface area contributed by atoms with Gasteiger partial charge in [0.05, 0.1) is 0 Å². The highest BCUT2D eigenvalue weighted by atomic mass is 35.5. The van der Waals surface area contributed by atoms with E-state index in [0.29, 0.717) is 26.8 Å². The van der Waals surface area contributed by atoms with Crippen molar-refractivity contribution in [1.29, 1.82) is 0 Å². The SMILES string of the molecule is Cc1c(Cl)nc2ncnn2c1Nc1cc(Cl)cc(Cl)c1. The molecule has 2 heterocycles. The van der Waals surface area contributed by atoms with E-state index in [1.54, 1.807) is 22.7 Å². The topological polar surface area (TPSA) is 55.1 Å². The maximum Gasteiger partial charge on any atom is 0.255 e. The van der Waals surface area contributed by atoms with E-state index in [1.165, 1.54) is 6.33 Å². The molecule has 0 aliphatic rings. The Labute approximate surface area is 129 Å². The Hall–Kier alpha value is -1.56. The summed E-state index contributed by atoms with van der Waals surface area (Å²) in [4.78, 5) is 8.16. The summed E-state index contributed by atoms with van der Waals surface area (Å²) < 4.78 is 1.57. The monoisotopic (exact) mass is 327 g/mol. The molecule has 0 spiro atoms. The van der Waals surface area contributed by atoms with Crippen molar-refractivity contribution in [3.05, 3.63) is 45.3 Å². The number of hydrogen-bond donors (Lipinski definition) is 1. The smallest absolute Gasteiger partial charge is 0.255 e. The molecule has 0 atom stereocenters. The Bertz CT molecular complexity index is 779. The van der Waals surface area contributed by atoms with Crippen LogP contribution in [0.4, 0.5) is 11.5 Å². The Kier molecular flexibility index (Phi) is 3.41. The van der Waals surface area contributed by atoms with Gasteiger partial charge in [-0.05, 0) is 25.1 Å². The molecule has 102 valence electrons. The lowest BCUT2D eigenvalue weighted by molar-refractivity contribution is 0.936. The molecule has 3 rings (SSSR count). The van der Waals surface area contributed by atoms with Crippen LogP contribution in [0.3, 0.4) is 0 Å². The molecule has 5 nitrogen and oxygen atoms in total. The van der Waals surface area contributed by atoms with Crippen molar-refractivity contribution < 1.29 is 0 Å². The molecule has 20 heavy (non-hydrogen) atoms. The number of nitrogens with one attached hydrogen (secondary N) is 1. The number of rotatable bonds is 2. The van der Waals surface area contributed by atoms with Gasteiger partial charge < -0.3 is 5.32 Å². The summed E-state index contributed by atoms with van der Waals surface area (Å²) in [5, 5.41) is 8.74. The van der Waals surface area contributed by atoms with E-state index in [9.17, 15) is 0 Å². The lowest BCUT2D eigenvalue weighted by Gasteiger charge is -2.12. The van der Waals surface area contributed by atoms with Gasteiger partial charge in [-0.25, -0.2) is 0 Å². The van der Waals surface area contributed by atoms with Crippen molar-refractivity contribution in [3.8, 4) is 0 Å². The Balaban J connectivity index is 2.14. The van der Waals surface area contributed by atoms with Gasteiger partial charge in [-0.15, -0.1) is 0 Å². The third kappa shape index (κ3) is 2.40. The quantitative estimate of drug-likeness (QED) is 0.718. The molecule has 0 radical (unpaired) electrons. The van der Waals surface area contributed by atoms with Crippen LogP contribution in [-0.4, -0.2) is 19.6 Å². The van der Waals surface area contributed by atoms with Crippen LogP contribution in [0.5, 0.6) is 0 Å². The van der Waals surface area contributed by atoms with Gasteiger partial charge in [0.15, 0.2) is 0 Å². The highest BCUT2D eigenvalue weighted by molar-refractivity contribution is 6.35. The summed E-state index contributed by atoms with van der Waals surface area (Å²) in [5.74, 6) is 1.08. The van der Waals surface area contributed by atoms with Crippen molar-refractivity contribution in [2.75, 3.05) is 5.32 Å². The standard InChI is InChI=1S/C12H8Cl3N5/c1-6-10(15)19-12-16-5-17-20(12)11(6)18-9-3-7(13)2-8(14)4-9/h2-5,18H,1H3. The minimum absolute atomic E-state index is 0.362. The molecule has 0 saturated carbocycles. The third-order valence-electron chi connectivity index (χ3n) is 2.73. The Morgan fingerprint density at radius 3 is 2.50 bits per heavy atom. The van der Waals surface area contributed by atoms with E-state index in [4.69, 9.17) is 34.8 Å². The predicted octanol–water partition coefficient (Wildman–Crippen LogP) is 4.14. The van der Waals surface area contributed by atoms with E-state index in [1.807, 2.05) is 6.92 Å². The first-order valence-corrected chi connectivity index (χ1v) is 6.77. The molecule has 1 N–H and O–H groups in total. The number of aromatic nitrogens is 4. The summed E-state index contributed by atoms with van der Waals surface area (Å²) in [6, 6.07) is 5.17. The second kappa shape index (κ2) is 5.09. The van der Waals surface area contributed by atoms with E-state index in [0.717, 1.165) is 11.3 Å². The first-order chi connectivity index (χ1) is 9.54. The van der Waals surface area contributed by atoms with Crippen LogP contribution in [0.15, 0.2) is 24.5 Å². The molecule has 3 aromatic rings. The van der Waals surface area contributed by atoms with Crippen LogP contribution in [0.1, 0.15) is 5.56 Å². The normalized spacial score (nSPS) is 11.0. The Morgan fingerprint density at radius 1 is 1.10 bits per heavy atom. The molecular weight excluding hydrogens is 321 g/mol. The van der Waals surface area contributed by atoms with Gasteiger partial charge in [0, 0.05) is 21.3 Å². The zero-order valence-electron chi connectivity index (χ0n) is 10.2. The van der Waals surface area contributed by atoms with E-state index in [-0.39, 0.29) is 0 Å². The van der Waals surface area contributed by atoms with Gasteiger partial charge in [0.25, 0.3) is 5.78 Å². The summed E-state index contributed by atoms with van der Waals surface area (Å²) in [6.45, 7) is 1.84. The number of halogens is 3. The maximum absolute atomic E-state index is 6.09. The van der Waals surface area contributed by atoms with Crippen LogP contribution < -0.4 is 5.32 Å². The van der Waals surface area contributed by atoms with E-state index >= 15 is 0 Å². The molecule has 2 aromatic heterocycles. The van der Waals surface area contributed by atoms with Crippen molar-refractivity contribution >= 4 is 52.1 Å². The van der Waals surface area contributed by atoms with Gasteiger partial charge in [0.2, 0.25) is 0 Å². The maximum atomic E-state index is 6.09. The van der Waals surface area contributed by atoms with Crippen LogP contribution in [0, 0.1) is 6.92 Å². The van der Waals surface area contributed by atoms with Gasteiger partial charge in [-0.1, -0.05) is 34.8 Å². The molecule has 0 aliphatic heterocycles. The molecule has 0 bridgehead atoms. The number of hydrogen-bond acceptors (Lipinski definition) is 4. The number of benzene rings is 1. The second-order valence-corrected chi connectivity index (χ2v) is 5.36. The van der Waals surface area contributed by atoms with Crippen LogP contribution in [0.25, 0.3) is 5.78 Å². The van der Waals surface area contributed by atoms with E-state index in [2.05, 4.69) is 20.4 Å². The third-order valence-corrected chi connectivity index (χ3v) is 3.53.